The van der Waals surface area contributed by atoms with Gasteiger partial charge in [0.05, 0.1) is 0 Å². The van der Waals surface area contributed by atoms with Gasteiger partial charge in [0.1, 0.15) is 0 Å². The number of benzene rings is 1. The molecule has 2 rings (SSSR count). The lowest BCUT2D eigenvalue weighted by Crippen LogP contribution is -2.43. The van der Waals surface area contributed by atoms with E-state index in [4.69, 9.17) is 16.1 Å². The maximum atomic E-state index is 5.89. The summed E-state index contributed by atoms with van der Waals surface area (Å²) in [6.07, 6.45) is 2.72. The summed E-state index contributed by atoms with van der Waals surface area (Å²) in [6, 6.07) is 7.35. The molecule has 2 aromatic rings. The predicted octanol–water partition coefficient (Wildman–Crippen LogP) is 3.24. The molecule has 1 heterocycles. The zero-order valence-electron chi connectivity index (χ0n) is 15.0. The fourth-order valence-corrected chi connectivity index (χ4v) is 2.29. The minimum absolute atomic E-state index is 0.150. The summed E-state index contributed by atoms with van der Waals surface area (Å²) in [5.41, 5.74) is 0.879. The summed E-state index contributed by atoms with van der Waals surface area (Å²) < 4.78 is 5.45. The summed E-state index contributed by atoms with van der Waals surface area (Å²) in [4.78, 5) is 8.63. The Morgan fingerprint density at radius 3 is 2.64 bits per heavy atom. The van der Waals surface area contributed by atoms with Crippen molar-refractivity contribution in [2.75, 3.05) is 26.4 Å². The molecule has 0 saturated carbocycles. The maximum absolute atomic E-state index is 5.89. The lowest BCUT2D eigenvalue weighted by Gasteiger charge is -2.23. The standard InChI is InChI=1S/C17H24ClN5OS/c1-17(2,25-4)11-21-16(19-3)20-10-9-14-22-15(23-24-14)12-5-7-13(18)8-6-12/h5-8H,9-11H2,1-4H3,(H2,19,20,21). The number of halogens is 1. The minimum Gasteiger partial charge on any atom is -0.356 e. The van der Waals surface area contributed by atoms with Gasteiger partial charge >= 0.3 is 0 Å². The van der Waals surface area contributed by atoms with Gasteiger partial charge in [-0.3, -0.25) is 4.99 Å². The van der Waals surface area contributed by atoms with Crippen molar-refractivity contribution < 1.29 is 4.52 Å². The number of nitrogens with zero attached hydrogens (tertiary/aromatic N) is 3. The Morgan fingerprint density at radius 1 is 1.28 bits per heavy atom. The predicted molar refractivity (Wildman–Crippen MR) is 105 cm³/mol. The number of guanidine groups is 1. The van der Waals surface area contributed by atoms with Crippen molar-refractivity contribution in [3.63, 3.8) is 0 Å². The van der Waals surface area contributed by atoms with Gasteiger partial charge in [-0.25, -0.2) is 0 Å². The molecule has 6 nitrogen and oxygen atoms in total. The van der Waals surface area contributed by atoms with E-state index in [1.165, 1.54) is 0 Å². The van der Waals surface area contributed by atoms with Crippen LogP contribution in [0, 0.1) is 0 Å². The lowest BCUT2D eigenvalue weighted by molar-refractivity contribution is 0.378. The maximum Gasteiger partial charge on any atom is 0.228 e. The van der Waals surface area contributed by atoms with Crippen LogP contribution in [0.15, 0.2) is 33.8 Å². The van der Waals surface area contributed by atoms with Crippen LogP contribution in [0.25, 0.3) is 11.4 Å². The van der Waals surface area contributed by atoms with Crippen LogP contribution in [-0.2, 0) is 6.42 Å². The molecule has 0 aliphatic carbocycles. The van der Waals surface area contributed by atoms with Gasteiger partial charge in [-0.1, -0.05) is 16.8 Å². The van der Waals surface area contributed by atoms with Crippen molar-refractivity contribution in [2.24, 2.45) is 4.99 Å². The molecule has 0 aliphatic heterocycles. The van der Waals surface area contributed by atoms with Crippen LogP contribution in [0.2, 0.25) is 5.02 Å². The van der Waals surface area contributed by atoms with E-state index in [2.05, 4.69) is 45.9 Å². The molecule has 1 aromatic carbocycles. The van der Waals surface area contributed by atoms with Crippen LogP contribution >= 0.6 is 23.4 Å². The highest BCUT2D eigenvalue weighted by molar-refractivity contribution is 7.99. The van der Waals surface area contributed by atoms with E-state index in [1.54, 1.807) is 19.2 Å². The quantitative estimate of drug-likeness (QED) is 0.566. The molecule has 0 spiro atoms. The normalized spacial score (nSPS) is 12.3. The van der Waals surface area contributed by atoms with Gasteiger partial charge in [0.25, 0.3) is 0 Å². The van der Waals surface area contributed by atoms with E-state index < -0.39 is 0 Å². The van der Waals surface area contributed by atoms with E-state index in [0.29, 0.717) is 29.7 Å². The molecule has 1 aromatic heterocycles. The summed E-state index contributed by atoms with van der Waals surface area (Å²) in [6.45, 7) is 5.86. The second-order valence-electron chi connectivity index (χ2n) is 6.08. The Labute approximate surface area is 157 Å². The summed E-state index contributed by atoms with van der Waals surface area (Å²) in [7, 11) is 1.76. The third-order valence-corrected chi connectivity index (χ3v) is 5.16. The van der Waals surface area contributed by atoms with Gasteiger partial charge in [0, 0.05) is 41.9 Å². The van der Waals surface area contributed by atoms with Crippen molar-refractivity contribution in [1.29, 1.82) is 0 Å². The fourth-order valence-electron chi connectivity index (χ4n) is 1.95. The Morgan fingerprint density at radius 2 is 2.00 bits per heavy atom. The van der Waals surface area contributed by atoms with Gasteiger partial charge in [0.2, 0.25) is 11.7 Å². The first-order valence-electron chi connectivity index (χ1n) is 8.02. The Bertz CT molecular complexity index is 699. The first-order chi connectivity index (χ1) is 11.9. The molecule has 2 N–H and O–H groups in total. The Balaban J connectivity index is 1.82. The third kappa shape index (κ3) is 6.25. The van der Waals surface area contributed by atoms with E-state index in [1.807, 2.05) is 23.9 Å². The highest BCUT2D eigenvalue weighted by atomic mass is 35.5. The van der Waals surface area contributed by atoms with Crippen molar-refractivity contribution >= 4 is 29.3 Å². The van der Waals surface area contributed by atoms with Crippen LogP contribution in [0.3, 0.4) is 0 Å². The van der Waals surface area contributed by atoms with E-state index in [0.717, 1.165) is 18.1 Å². The van der Waals surface area contributed by atoms with Crippen molar-refractivity contribution in [3.05, 3.63) is 35.2 Å². The Kier molecular flexibility index (Phi) is 7.13. The van der Waals surface area contributed by atoms with Gasteiger partial charge in [0.15, 0.2) is 5.96 Å². The van der Waals surface area contributed by atoms with Gasteiger partial charge in [-0.2, -0.15) is 16.7 Å². The molecule has 0 aliphatic rings. The Hall–Kier alpha value is -1.73. The van der Waals surface area contributed by atoms with Crippen LogP contribution < -0.4 is 10.6 Å². The van der Waals surface area contributed by atoms with E-state index >= 15 is 0 Å². The zero-order valence-corrected chi connectivity index (χ0v) is 16.5. The minimum atomic E-state index is 0.150. The molecule has 0 amide bonds. The molecule has 0 fully saturated rings. The summed E-state index contributed by atoms with van der Waals surface area (Å²) in [5, 5.41) is 11.3. The van der Waals surface area contributed by atoms with Crippen LogP contribution in [0.4, 0.5) is 0 Å². The second kappa shape index (κ2) is 9.10. The molecule has 0 bridgehead atoms. The van der Waals surface area contributed by atoms with E-state index in [-0.39, 0.29) is 4.75 Å². The molecule has 0 unspecified atom stereocenters. The number of hydrogen-bond donors (Lipinski definition) is 2. The van der Waals surface area contributed by atoms with Gasteiger partial charge in [-0.15, -0.1) is 0 Å². The summed E-state index contributed by atoms with van der Waals surface area (Å²) in [5.74, 6) is 1.91. The smallest absolute Gasteiger partial charge is 0.228 e. The first-order valence-corrected chi connectivity index (χ1v) is 9.62. The molecule has 0 atom stereocenters. The van der Waals surface area contributed by atoms with Crippen molar-refractivity contribution in [1.82, 2.24) is 20.8 Å². The number of aliphatic imine (C=N–C) groups is 1. The fraction of sp³-hybridized carbons (Fsp3) is 0.471. The van der Waals surface area contributed by atoms with E-state index in [9.17, 15) is 0 Å². The highest BCUT2D eigenvalue weighted by Gasteiger charge is 2.16. The monoisotopic (exact) mass is 381 g/mol. The highest BCUT2D eigenvalue weighted by Crippen LogP contribution is 2.19. The zero-order chi connectivity index (χ0) is 18.3. The first kappa shape index (κ1) is 19.6. The molecular weight excluding hydrogens is 358 g/mol. The molecular formula is C17H24ClN5OS. The number of thioether (sulfide) groups is 1. The molecule has 0 radical (unpaired) electrons. The average molecular weight is 382 g/mol. The van der Waals surface area contributed by atoms with Crippen molar-refractivity contribution in [2.45, 2.75) is 25.0 Å². The molecule has 25 heavy (non-hydrogen) atoms. The van der Waals surface area contributed by atoms with Crippen LogP contribution in [-0.4, -0.2) is 47.2 Å². The number of aromatic nitrogens is 2. The molecule has 136 valence electrons. The number of hydrogen-bond acceptors (Lipinski definition) is 5. The average Bonchev–Trinajstić information content (AvgIpc) is 3.07. The largest absolute Gasteiger partial charge is 0.356 e. The number of rotatable bonds is 7. The summed E-state index contributed by atoms with van der Waals surface area (Å²) >= 11 is 7.70. The molecule has 0 saturated heterocycles. The third-order valence-electron chi connectivity index (χ3n) is 3.66. The molecule has 8 heteroatoms. The van der Waals surface area contributed by atoms with Crippen LogP contribution in [0.5, 0.6) is 0 Å². The SMILES string of the molecule is CN=C(NCCc1nc(-c2ccc(Cl)cc2)no1)NCC(C)(C)SC. The van der Waals surface area contributed by atoms with Gasteiger partial charge in [-0.05, 0) is 44.4 Å². The van der Waals surface area contributed by atoms with Gasteiger partial charge < -0.3 is 15.2 Å². The second-order valence-corrected chi connectivity index (χ2v) is 8.03. The van der Waals surface area contributed by atoms with Crippen LogP contribution in [0.1, 0.15) is 19.7 Å². The van der Waals surface area contributed by atoms with Crippen molar-refractivity contribution in [3.8, 4) is 11.4 Å². The topological polar surface area (TPSA) is 75.3 Å². The lowest BCUT2D eigenvalue weighted by atomic mass is 10.2. The number of nitrogens with one attached hydrogen (secondary N) is 2.